The normalized spacial score (nSPS) is 11.2. The minimum absolute atomic E-state index is 0.0120. The Labute approximate surface area is 167 Å². The van der Waals surface area contributed by atoms with Gasteiger partial charge in [-0.25, -0.2) is 8.42 Å². The number of terminal acetylenes is 1. The highest BCUT2D eigenvalue weighted by Gasteiger charge is 2.15. The van der Waals surface area contributed by atoms with Crippen LogP contribution in [0.3, 0.4) is 0 Å². The molecule has 0 aliphatic heterocycles. The molecule has 2 aromatic rings. The molecule has 148 valence electrons. The molecule has 0 heterocycles. The third-order valence-corrected chi connectivity index (χ3v) is 5.47. The van der Waals surface area contributed by atoms with Crippen LogP contribution >= 0.6 is 0 Å². The van der Waals surface area contributed by atoms with Crippen molar-refractivity contribution in [2.75, 3.05) is 26.7 Å². The summed E-state index contributed by atoms with van der Waals surface area (Å²) in [6, 6.07) is 16.1. The van der Waals surface area contributed by atoms with E-state index in [1.807, 2.05) is 25.2 Å². The summed E-state index contributed by atoms with van der Waals surface area (Å²) in [5.74, 6) is 1.91. The van der Waals surface area contributed by atoms with Crippen molar-refractivity contribution < 1.29 is 13.2 Å². The number of nitrogens with one attached hydrogen (secondary N) is 2. The summed E-state index contributed by atoms with van der Waals surface area (Å²) in [6.07, 6.45) is 5.87. The molecule has 0 unspecified atom stereocenters. The van der Waals surface area contributed by atoms with Crippen molar-refractivity contribution in [1.29, 1.82) is 0 Å². The molecule has 0 aliphatic carbocycles. The standard InChI is InChI=1S/C21H25N3O3S/c1-3-13-23-28(26,27)20-12-7-11-19(16-20)21(25)22-14-8-15-24(2)17-18-9-5-4-6-10-18/h1,4-7,9-12,16,23H,8,13-15,17H2,2H3,(H,22,25). The van der Waals surface area contributed by atoms with E-state index in [1.165, 1.54) is 23.8 Å². The maximum Gasteiger partial charge on any atom is 0.251 e. The number of carbonyl (C=O) groups is 1. The number of nitrogens with zero attached hydrogens (tertiary/aromatic N) is 1. The first kappa shape index (κ1) is 21.6. The lowest BCUT2D eigenvalue weighted by Gasteiger charge is -2.16. The van der Waals surface area contributed by atoms with Crippen molar-refractivity contribution in [3.05, 3.63) is 65.7 Å². The maximum absolute atomic E-state index is 12.3. The van der Waals surface area contributed by atoms with Crippen LogP contribution in [0.25, 0.3) is 0 Å². The zero-order valence-corrected chi connectivity index (χ0v) is 16.7. The fourth-order valence-corrected chi connectivity index (χ4v) is 3.63. The Balaban J connectivity index is 1.82. The predicted molar refractivity (Wildman–Crippen MR) is 110 cm³/mol. The third kappa shape index (κ3) is 6.82. The first-order valence-corrected chi connectivity index (χ1v) is 10.4. The number of amides is 1. The number of hydrogen-bond acceptors (Lipinski definition) is 4. The molecule has 2 N–H and O–H groups in total. The molecule has 0 saturated carbocycles. The zero-order valence-electron chi connectivity index (χ0n) is 15.9. The van der Waals surface area contributed by atoms with E-state index < -0.39 is 10.0 Å². The average molecular weight is 400 g/mol. The van der Waals surface area contributed by atoms with Gasteiger partial charge < -0.3 is 10.2 Å². The molecule has 28 heavy (non-hydrogen) atoms. The summed E-state index contributed by atoms with van der Waals surface area (Å²) in [6.45, 7) is 2.08. The van der Waals surface area contributed by atoms with E-state index in [0.29, 0.717) is 12.1 Å². The predicted octanol–water partition coefficient (Wildman–Crippen LogP) is 1.85. The molecule has 7 heteroatoms. The van der Waals surface area contributed by atoms with E-state index >= 15 is 0 Å². The van der Waals surface area contributed by atoms with Crippen LogP contribution in [0.5, 0.6) is 0 Å². The summed E-state index contributed by atoms with van der Waals surface area (Å²) in [4.78, 5) is 14.5. The first-order chi connectivity index (χ1) is 13.4. The minimum atomic E-state index is -3.72. The molecule has 0 spiro atoms. The van der Waals surface area contributed by atoms with Crippen LogP contribution in [-0.4, -0.2) is 45.9 Å². The Morgan fingerprint density at radius 3 is 2.61 bits per heavy atom. The highest BCUT2D eigenvalue weighted by Crippen LogP contribution is 2.11. The first-order valence-electron chi connectivity index (χ1n) is 8.96. The lowest BCUT2D eigenvalue weighted by Crippen LogP contribution is -2.28. The van der Waals surface area contributed by atoms with Gasteiger partial charge in [-0.15, -0.1) is 6.42 Å². The molecule has 1 amide bonds. The molecule has 0 aliphatic rings. The quantitative estimate of drug-likeness (QED) is 0.472. The van der Waals surface area contributed by atoms with Crippen LogP contribution in [0.2, 0.25) is 0 Å². The summed E-state index contributed by atoms with van der Waals surface area (Å²) >= 11 is 0. The van der Waals surface area contributed by atoms with Gasteiger partial charge in [0.15, 0.2) is 0 Å². The van der Waals surface area contributed by atoms with Gasteiger partial charge in [-0.05, 0) is 43.8 Å². The van der Waals surface area contributed by atoms with Crippen LogP contribution in [0, 0.1) is 12.3 Å². The van der Waals surface area contributed by atoms with Gasteiger partial charge in [0.05, 0.1) is 11.4 Å². The fraction of sp³-hybridized carbons (Fsp3) is 0.286. The Kier molecular flexibility index (Phi) is 8.20. The molecule has 0 radical (unpaired) electrons. The summed E-state index contributed by atoms with van der Waals surface area (Å²) in [5, 5.41) is 2.83. The SMILES string of the molecule is C#CCNS(=O)(=O)c1cccc(C(=O)NCCCN(C)Cc2ccccc2)c1. The maximum atomic E-state index is 12.3. The lowest BCUT2D eigenvalue weighted by molar-refractivity contribution is 0.0951. The smallest absolute Gasteiger partial charge is 0.251 e. The molecular formula is C21H25N3O3S. The Morgan fingerprint density at radius 2 is 1.89 bits per heavy atom. The molecule has 0 fully saturated rings. The van der Waals surface area contributed by atoms with E-state index in [0.717, 1.165) is 19.5 Å². The van der Waals surface area contributed by atoms with Crippen molar-refractivity contribution in [1.82, 2.24) is 14.9 Å². The lowest BCUT2D eigenvalue weighted by atomic mass is 10.2. The van der Waals surface area contributed by atoms with Gasteiger partial charge in [0, 0.05) is 18.7 Å². The Hall–Kier alpha value is -2.66. The zero-order chi connectivity index (χ0) is 20.4. The molecule has 0 atom stereocenters. The number of hydrogen-bond donors (Lipinski definition) is 2. The number of sulfonamides is 1. The molecule has 0 aromatic heterocycles. The Morgan fingerprint density at radius 1 is 1.14 bits per heavy atom. The highest BCUT2D eigenvalue weighted by molar-refractivity contribution is 7.89. The number of benzene rings is 2. The molecule has 2 aromatic carbocycles. The van der Waals surface area contributed by atoms with Crippen LogP contribution in [-0.2, 0) is 16.6 Å². The number of rotatable bonds is 10. The van der Waals surface area contributed by atoms with Crippen molar-refractivity contribution in [2.24, 2.45) is 0 Å². The molecule has 0 saturated heterocycles. The van der Waals surface area contributed by atoms with Gasteiger partial charge in [-0.1, -0.05) is 42.3 Å². The van der Waals surface area contributed by atoms with Crippen molar-refractivity contribution >= 4 is 15.9 Å². The summed E-state index contributed by atoms with van der Waals surface area (Å²) in [5.41, 5.74) is 1.53. The molecule has 6 nitrogen and oxygen atoms in total. The largest absolute Gasteiger partial charge is 0.352 e. The van der Waals surface area contributed by atoms with Gasteiger partial charge in [-0.2, -0.15) is 4.72 Å². The Bertz CT molecular complexity index is 921. The summed E-state index contributed by atoms with van der Waals surface area (Å²) < 4.78 is 26.5. The second-order valence-electron chi connectivity index (χ2n) is 6.39. The fourth-order valence-electron chi connectivity index (χ4n) is 2.65. The van der Waals surface area contributed by atoms with Crippen molar-refractivity contribution in [2.45, 2.75) is 17.9 Å². The van der Waals surface area contributed by atoms with Crippen LogP contribution in [0.15, 0.2) is 59.5 Å². The minimum Gasteiger partial charge on any atom is -0.352 e. The van der Waals surface area contributed by atoms with E-state index in [1.54, 1.807) is 6.07 Å². The third-order valence-electron chi connectivity index (χ3n) is 4.07. The summed E-state index contributed by atoms with van der Waals surface area (Å²) in [7, 11) is -1.69. The molecule has 2 rings (SSSR count). The van der Waals surface area contributed by atoms with E-state index in [-0.39, 0.29) is 17.3 Å². The molecule has 0 bridgehead atoms. The van der Waals surface area contributed by atoms with Gasteiger partial charge in [-0.3, -0.25) is 4.79 Å². The van der Waals surface area contributed by atoms with Crippen molar-refractivity contribution in [3.8, 4) is 12.3 Å². The van der Waals surface area contributed by atoms with Gasteiger partial charge in [0.1, 0.15) is 0 Å². The van der Waals surface area contributed by atoms with Gasteiger partial charge in [0.2, 0.25) is 10.0 Å². The van der Waals surface area contributed by atoms with E-state index in [4.69, 9.17) is 6.42 Å². The topological polar surface area (TPSA) is 78.5 Å². The van der Waals surface area contributed by atoms with Crippen molar-refractivity contribution in [3.63, 3.8) is 0 Å². The van der Waals surface area contributed by atoms with Crippen LogP contribution < -0.4 is 10.0 Å². The second-order valence-corrected chi connectivity index (χ2v) is 8.16. The number of carbonyl (C=O) groups excluding carboxylic acids is 1. The average Bonchev–Trinajstić information content (AvgIpc) is 2.70. The van der Waals surface area contributed by atoms with Gasteiger partial charge >= 0.3 is 0 Å². The van der Waals surface area contributed by atoms with Crippen LogP contribution in [0.4, 0.5) is 0 Å². The van der Waals surface area contributed by atoms with E-state index in [9.17, 15) is 13.2 Å². The second kappa shape index (κ2) is 10.6. The monoisotopic (exact) mass is 399 g/mol. The van der Waals surface area contributed by atoms with E-state index in [2.05, 4.69) is 33.0 Å². The highest BCUT2D eigenvalue weighted by atomic mass is 32.2. The van der Waals surface area contributed by atoms with Gasteiger partial charge in [0.25, 0.3) is 5.91 Å². The molecular weight excluding hydrogens is 374 g/mol. The van der Waals surface area contributed by atoms with Crippen LogP contribution in [0.1, 0.15) is 22.3 Å².